The smallest absolute Gasteiger partial charge is 0.247 e. The van der Waals surface area contributed by atoms with Gasteiger partial charge >= 0.3 is 0 Å². The van der Waals surface area contributed by atoms with Gasteiger partial charge < -0.3 is 15.1 Å². The van der Waals surface area contributed by atoms with Gasteiger partial charge in [-0.2, -0.15) is 0 Å². The summed E-state index contributed by atoms with van der Waals surface area (Å²) in [4.78, 5) is 12.1. The molecule has 1 aromatic carbocycles. The quantitative estimate of drug-likeness (QED) is 0.890. The van der Waals surface area contributed by atoms with E-state index in [2.05, 4.69) is 20.8 Å². The molecule has 0 aliphatic carbocycles. The lowest BCUT2D eigenvalue weighted by Crippen LogP contribution is -2.43. The monoisotopic (exact) mass is 272 g/mol. The second kappa shape index (κ2) is 5.83. The second-order valence-corrected chi connectivity index (χ2v) is 4.81. The molecule has 2 heterocycles. The molecule has 0 saturated carbocycles. The molecule has 1 fully saturated rings. The molecule has 2 N–H and O–H groups in total. The van der Waals surface area contributed by atoms with Crippen LogP contribution in [0.4, 0.5) is 5.69 Å². The first-order chi connectivity index (χ1) is 9.83. The third kappa shape index (κ3) is 2.85. The van der Waals surface area contributed by atoms with E-state index >= 15 is 0 Å². The van der Waals surface area contributed by atoms with Crippen molar-refractivity contribution in [2.75, 3.05) is 11.9 Å². The average Bonchev–Trinajstić information content (AvgIpc) is 3.03. The molecule has 0 radical (unpaired) electrons. The summed E-state index contributed by atoms with van der Waals surface area (Å²) in [6.07, 6.45) is 4.43. The number of amides is 1. The number of benzene rings is 1. The molecule has 1 amide bonds. The zero-order valence-corrected chi connectivity index (χ0v) is 11.0. The Morgan fingerprint density at radius 3 is 2.80 bits per heavy atom. The number of aromatic nitrogens is 2. The number of nitrogens with zero attached hydrogens (tertiary/aromatic N) is 2. The molecule has 0 bridgehead atoms. The van der Waals surface area contributed by atoms with Gasteiger partial charge in [0.15, 0.2) is 0 Å². The van der Waals surface area contributed by atoms with Gasteiger partial charge in [0.05, 0.1) is 6.04 Å². The highest BCUT2D eigenvalue weighted by Crippen LogP contribution is 2.19. The van der Waals surface area contributed by atoms with Gasteiger partial charge in [-0.15, -0.1) is 10.2 Å². The summed E-state index contributed by atoms with van der Waals surface area (Å²) in [7, 11) is 0. The molecule has 0 spiro atoms. The number of hydrogen-bond donors (Lipinski definition) is 2. The lowest BCUT2D eigenvalue weighted by Gasteiger charge is -2.22. The Balaban J connectivity index is 1.64. The number of rotatable bonds is 3. The average molecular weight is 272 g/mol. The molecule has 2 aromatic rings. The van der Waals surface area contributed by atoms with E-state index in [1.807, 2.05) is 24.3 Å². The van der Waals surface area contributed by atoms with Crippen molar-refractivity contribution < 1.29 is 9.21 Å². The Labute approximate surface area is 116 Å². The Kier molecular flexibility index (Phi) is 3.73. The SMILES string of the molecule is O=C(Nc1ccc(-c2nnco2)cc1)C1CCCCN1. The summed E-state index contributed by atoms with van der Waals surface area (Å²) in [5.41, 5.74) is 1.60. The molecule has 1 aliphatic rings. The van der Waals surface area contributed by atoms with Crippen molar-refractivity contribution in [1.82, 2.24) is 15.5 Å². The fourth-order valence-electron chi connectivity index (χ4n) is 2.30. The molecule has 104 valence electrons. The fourth-order valence-corrected chi connectivity index (χ4v) is 2.30. The van der Waals surface area contributed by atoms with E-state index in [1.165, 1.54) is 6.39 Å². The van der Waals surface area contributed by atoms with Crippen LogP contribution in [-0.2, 0) is 4.79 Å². The van der Waals surface area contributed by atoms with Crippen LogP contribution in [-0.4, -0.2) is 28.7 Å². The van der Waals surface area contributed by atoms with Crippen molar-refractivity contribution in [3.8, 4) is 11.5 Å². The maximum absolute atomic E-state index is 12.1. The predicted molar refractivity (Wildman–Crippen MR) is 74.0 cm³/mol. The predicted octanol–water partition coefficient (Wildman–Crippen LogP) is 1.82. The van der Waals surface area contributed by atoms with Crippen LogP contribution >= 0.6 is 0 Å². The topological polar surface area (TPSA) is 80.1 Å². The van der Waals surface area contributed by atoms with Crippen LogP contribution in [0.15, 0.2) is 35.1 Å². The highest BCUT2D eigenvalue weighted by atomic mass is 16.4. The van der Waals surface area contributed by atoms with Crippen LogP contribution in [0, 0.1) is 0 Å². The van der Waals surface area contributed by atoms with Crippen molar-refractivity contribution in [2.24, 2.45) is 0 Å². The van der Waals surface area contributed by atoms with E-state index < -0.39 is 0 Å². The summed E-state index contributed by atoms with van der Waals surface area (Å²) >= 11 is 0. The number of hydrogen-bond acceptors (Lipinski definition) is 5. The van der Waals surface area contributed by atoms with Crippen molar-refractivity contribution >= 4 is 11.6 Å². The zero-order chi connectivity index (χ0) is 13.8. The van der Waals surface area contributed by atoms with Gasteiger partial charge in [0, 0.05) is 11.3 Å². The Hall–Kier alpha value is -2.21. The number of piperidine rings is 1. The largest absolute Gasteiger partial charge is 0.423 e. The van der Waals surface area contributed by atoms with Crippen molar-refractivity contribution in [2.45, 2.75) is 25.3 Å². The van der Waals surface area contributed by atoms with Crippen LogP contribution < -0.4 is 10.6 Å². The van der Waals surface area contributed by atoms with Gasteiger partial charge in [-0.25, -0.2) is 0 Å². The van der Waals surface area contributed by atoms with Crippen molar-refractivity contribution in [1.29, 1.82) is 0 Å². The second-order valence-electron chi connectivity index (χ2n) is 4.81. The molecule has 1 saturated heterocycles. The van der Waals surface area contributed by atoms with Crippen LogP contribution in [0.3, 0.4) is 0 Å². The van der Waals surface area contributed by atoms with Gasteiger partial charge in [-0.1, -0.05) is 6.42 Å². The van der Waals surface area contributed by atoms with E-state index in [1.54, 1.807) is 0 Å². The summed E-state index contributed by atoms with van der Waals surface area (Å²) < 4.78 is 5.12. The molecule has 1 aromatic heterocycles. The van der Waals surface area contributed by atoms with Crippen molar-refractivity contribution in [3.05, 3.63) is 30.7 Å². The van der Waals surface area contributed by atoms with Crippen LogP contribution in [0.5, 0.6) is 0 Å². The third-order valence-corrected chi connectivity index (χ3v) is 3.39. The van der Waals surface area contributed by atoms with Crippen LogP contribution in [0.2, 0.25) is 0 Å². The molecule has 1 aliphatic heterocycles. The first-order valence-corrected chi connectivity index (χ1v) is 6.74. The summed E-state index contributed by atoms with van der Waals surface area (Å²) in [5.74, 6) is 0.493. The molecule has 1 unspecified atom stereocenters. The van der Waals surface area contributed by atoms with Crippen LogP contribution in [0.25, 0.3) is 11.5 Å². The summed E-state index contributed by atoms with van der Waals surface area (Å²) in [5, 5.41) is 13.6. The molecular formula is C14H16N4O2. The maximum Gasteiger partial charge on any atom is 0.247 e. The number of carbonyl (C=O) groups is 1. The number of carbonyl (C=O) groups excluding carboxylic acids is 1. The Bertz CT molecular complexity index is 559. The van der Waals surface area contributed by atoms with Gasteiger partial charge in [0.25, 0.3) is 0 Å². The normalized spacial score (nSPS) is 18.7. The van der Waals surface area contributed by atoms with E-state index in [4.69, 9.17) is 4.42 Å². The zero-order valence-electron chi connectivity index (χ0n) is 11.0. The molecule has 6 nitrogen and oxygen atoms in total. The Morgan fingerprint density at radius 2 is 2.15 bits per heavy atom. The third-order valence-electron chi connectivity index (χ3n) is 3.39. The standard InChI is InChI=1S/C14H16N4O2/c19-13(12-3-1-2-8-15-12)17-11-6-4-10(5-7-11)14-18-16-9-20-14/h4-7,9,12,15H,1-3,8H2,(H,17,19). The summed E-state index contributed by atoms with van der Waals surface area (Å²) in [6, 6.07) is 7.27. The first kappa shape index (κ1) is 12.8. The first-order valence-electron chi connectivity index (χ1n) is 6.74. The minimum absolute atomic E-state index is 0.0234. The minimum Gasteiger partial charge on any atom is -0.423 e. The lowest BCUT2D eigenvalue weighted by molar-refractivity contribution is -0.118. The highest BCUT2D eigenvalue weighted by molar-refractivity contribution is 5.95. The van der Waals surface area contributed by atoms with Crippen molar-refractivity contribution in [3.63, 3.8) is 0 Å². The van der Waals surface area contributed by atoms with Crippen LogP contribution in [0.1, 0.15) is 19.3 Å². The van der Waals surface area contributed by atoms with Gasteiger partial charge in [-0.3, -0.25) is 4.79 Å². The number of nitrogens with one attached hydrogen (secondary N) is 2. The van der Waals surface area contributed by atoms with Gasteiger partial charge in [-0.05, 0) is 43.7 Å². The van der Waals surface area contributed by atoms with E-state index in [0.29, 0.717) is 5.89 Å². The highest BCUT2D eigenvalue weighted by Gasteiger charge is 2.20. The van der Waals surface area contributed by atoms with E-state index in [-0.39, 0.29) is 11.9 Å². The van der Waals surface area contributed by atoms with E-state index in [9.17, 15) is 4.79 Å². The van der Waals surface area contributed by atoms with Gasteiger partial charge in [0.2, 0.25) is 18.2 Å². The molecular weight excluding hydrogens is 256 g/mol. The minimum atomic E-state index is -0.0839. The van der Waals surface area contributed by atoms with Gasteiger partial charge in [0.1, 0.15) is 0 Å². The fraction of sp³-hybridized carbons (Fsp3) is 0.357. The molecule has 3 rings (SSSR count). The lowest BCUT2D eigenvalue weighted by atomic mass is 10.0. The maximum atomic E-state index is 12.1. The van der Waals surface area contributed by atoms with E-state index in [0.717, 1.165) is 37.1 Å². The number of anilines is 1. The summed E-state index contributed by atoms with van der Waals surface area (Å²) in [6.45, 7) is 0.911. The Morgan fingerprint density at radius 1 is 1.30 bits per heavy atom. The molecule has 1 atom stereocenters. The molecule has 6 heteroatoms. The molecule has 20 heavy (non-hydrogen) atoms.